The molecule has 0 N–H and O–H groups in total. The molecule has 188 valence electrons. The normalized spacial score (nSPS) is 14.4. The highest BCUT2D eigenvalue weighted by Gasteiger charge is 2.28. The first-order valence-electron chi connectivity index (χ1n) is 10.9. The Bertz CT molecular complexity index is 1880. The van der Waals surface area contributed by atoms with Crippen LogP contribution in [0.25, 0.3) is 26.2 Å². The Hall–Kier alpha value is -2.72. The maximum absolute atomic E-state index is 13.1. The number of hydrogen-bond acceptors (Lipinski definition) is 7. The van der Waals surface area contributed by atoms with Crippen LogP contribution in [0.1, 0.15) is 20.1 Å². The first-order chi connectivity index (χ1) is 18.3. The predicted octanol–water partition coefficient (Wildman–Crippen LogP) is 9.40. The third-order valence-electron chi connectivity index (χ3n) is 5.60. The molecule has 0 unspecified atom stereocenters. The number of nitrogens with zero attached hydrogens (tertiary/aromatic N) is 1. The Balaban J connectivity index is 1.32. The molecule has 3 heterocycles. The molecule has 0 saturated heterocycles. The minimum atomic E-state index is -0.647. The molecule has 0 aliphatic carbocycles. The zero-order valence-corrected chi connectivity index (χ0v) is 24.2. The minimum Gasteiger partial charge on any atom is -0.422 e. The van der Waals surface area contributed by atoms with Crippen molar-refractivity contribution in [2.24, 2.45) is 4.99 Å². The molecule has 38 heavy (non-hydrogen) atoms. The topological polar surface area (TPSA) is 65.0 Å². The fourth-order valence-corrected chi connectivity index (χ4v) is 7.49. The Morgan fingerprint density at radius 2 is 1.68 bits per heavy atom. The quantitative estimate of drug-likeness (QED) is 0.109. The van der Waals surface area contributed by atoms with Gasteiger partial charge in [-0.25, -0.2) is 14.6 Å². The molecule has 2 aromatic heterocycles. The summed E-state index contributed by atoms with van der Waals surface area (Å²) in [4.78, 5) is 30.9. The Morgan fingerprint density at radius 3 is 2.53 bits per heavy atom. The van der Waals surface area contributed by atoms with Crippen molar-refractivity contribution in [3.63, 3.8) is 0 Å². The van der Waals surface area contributed by atoms with Crippen molar-refractivity contribution >= 4 is 117 Å². The van der Waals surface area contributed by atoms with Gasteiger partial charge in [0.2, 0.25) is 5.90 Å². The summed E-state index contributed by atoms with van der Waals surface area (Å²) >= 11 is 25.1. The van der Waals surface area contributed by atoms with Crippen LogP contribution in [0.4, 0.5) is 0 Å². The van der Waals surface area contributed by atoms with Gasteiger partial charge in [-0.15, -0.1) is 22.7 Å². The Kier molecular flexibility index (Phi) is 6.80. The first-order valence-corrected chi connectivity index (χ1v) is 14.4. The van der Waals surface area contributed by atoms with Gasteiger partial charge in [-0.05, 0) is 36.4 Å². The van der Waals surface area contributed by atoms with Gasteiger partial charge in [-0.3, -0.25) is 0 Å². The number of fused-ring (bicyclic) bond motifs is 2. The van der Waals surface area contributed by atoms with E-state index in [1.165, 1.54) is 28.7 Å². The van der Waals surface area contributed by atoms with Crippen LogP contribution < -0.4 is 4.74 Å². The smallest absolute Gasteiger partial charge is 0.363 e. The van der Waals surface area contributed by atoms with Crippen LogP contribution in [-0.4, -0.2) is 17.8 Å². The van der Waals surface area contributed by atoms with E-state index in [4.69, 9.17) is 44.3 Å². The van der Waals surface area contributed by atoms with E-state index >= 15 is 0 Å². The lowest BCUT2D eigenvalue weighted by Gasteiger charge is -2.07. The summed E-state index contributed by atoms with van der Waals surface area (Å²) in [7, 11) is 0. The lowest BCUT2D eigenvalue weighted by molar-refractivity contribution is -0.129. The highest BCUT2D eigenvalue weighted by atomic mass is 79.9. The monoisotopic (exact) mass is 661 g/mol. The standard InChI is InChI=1S/C27H11BrCl3NO4S2/c28-13-5-7-15-19(10-13)38-24(22(15)31)27(34)35-18-4-2-1-3-12(18)9-17-26(33)36-25(32-17)23-21(30)16-8-6-14(29)11-20(16)37-23/h1-11H/b17-9+. The molecular formula is C27H11BrCl3NO4S2. The summed E-state index contributed by atoms with van der Waals surface area (Å²) in [6.45, 7) is 0. The van der Waals surface area contributed by atoms with E-state index in [9.17, 15) is 9.59 Å². The van der Waals surface area contributed by atoms with Crippen molar-refractivity contribution in [3.05, 3.63) is 101 Å². The van der Waals surface area contributed by atoms with Gasteiger partial charge in [0.05, 0.1) is 10.0 Å². The van der Waals surface area contributed by atoms with Crippen molar-refractivity contribution < 1.29 is 19.1 Å². The summed E-state index contributed by atoms with van der Waals surface area (Å²) in [6.07, 6.45) is 1.50. The number of ether oxygens (including phenoxy) is 2. The molecule has 1 aliphatic rings. The molecule has 5 aromatic rings. The molecule has 0 spiro atoms. The summed E-state index contributed by atoms with van der Waals surface area (Å²) in [5.74, 6) is -0.912. The lowest BCUT2D eigenvalue weighted by atomic mass is 10.1. The number of carbonyl (C=O) groups excluding carboxylic acids is 2. The second-order valence-electron chi connectivity index (χ2n) is 8.03. The van der Waals surface area contributed by atoms with Gasteiger partial charge < -0.3 is 9.47 Å². The number of carbonyl (C=O) groups is 2. The number of cyclic esters (lactones) is 1. The van der Waals surface area contributed by atoms with Gasteiger partial charge >= 0.3 is 11.9 Å². The molecule has 0 saturated carbocycles. The number of hydrogen-bond donors (Lipinski definition) is 0. The molecule has 0 fully saturated rings. The number of rotatable bonds is 4. The van der Waals surface area contributed by atoms with Crippen molar-refractivity contribution in [2.75, 3.05) is 0 Å². The summed E-state index contributed by atoms with van der Waals surface area (Å²) in [5.41, 5.74) is 0.506. The fourth-order valence-electron chi connectivity index (χ4n) is 3.84. The average Bonchev–Trinajstić information content (AvgIpc) is 3.52. The maximum atomic E-state index is 13.1. The Morgan fingerprint density at radius 1 is 0.947 bits per heavy atom. The van der Waals surface area contributed by atoms with Crippen molar-refractivity contribution in [1.82, 2.24) is 0 Å². The van der Waals surface area contributed by atoms with Gasteiger partial charge in [-0.1, -0.05) is 81.1 Å². The van der Waals surface area contributed by atoms with Crippen molar-refractivity contribution in [1.29, 1.82) is 0 Å². The van der Waals surface area contributed by atoms with Gasteiger partial charge in [0, 0.05) is 35.2 Å². The third kappa shape index (κ3) is 4.66. The van der Waals surface area contributed by atoms with Crippen LogP contribution in [0.3, 0.4) is 0 Å². The van der Waals surface area contributed by atoms with E-state index in [0.717, 1.165) is 24.6 Å². The molecule has 0 bridgehead atoms. The van der Waals surface area contributed by atoms with Crippen molar-refractivity contribution in [2.45, 2.75) is 0 Å². The second-order valence-corrected chi connectivity index (χ2v) is 12.2. The van der Waals surface area contributed by atoms with Gasteiger partial charge in [-0.2, -0.15) is 0 Å². The van der Waals surface area contributed by atoms with Crippen LogP contribution >= 0.6 is 73.4 Å². The van der Waals surface area contributed by atoms with Crippen LogP contribution in [0, 0.1) is 0 Å². The number of thiophene rings is 2. The number of benzene rings is 3. The molecule has 0 radical (unpaired) electrons. The molecular weight excluding hydrogens is 653 g/mol. The SMILES string of the molecule is O=C1OC(c2sc3cc(Cl)ccc3c2Cl)=N/C1=C/c1ccccc1OC(=O)c1sc2cc(Br)ccc2c1Cl. The van der Waals surface area contributed by atoms with E-state index in [-0.39, 0.29) is 22.2 Å². The highest BCUT2D eigenvalue weighted by molar-refractivity contribution is 9.10. The minimum absolute atomic E-state index is 0.0415. The van der Waals surface area contributed by atoms with Crippen LogP contribution in [0.5, 0.6) is 5.75 Å². The largest absolute Gasteiger partial charge is 0.422 e. The number of halogens is 4. The van der Waals surface area contributed by atoms with E-state index in [1.54, 1.807) is 42.5 Å². The molecule has 11 heteroatoms. The molecule has 1 aliphatic heterocycles. The fraction of sp³-hybridized carbons (Fsp3) is 0. The number of esters is 2. The molecule has 5 nitrogen and oxygen atoms in total. The summed E-state index contributed by atoms with van der Waals surface area (Å²) < 4.78 is 13.7. The van der Waals surface area contributed by atoms with E-state index in [1.807, 2.05) is 18.2 Å². The lowest BCUT2D eigenvalue weighted by Crippen LogP contribution is -2.08. The maximum Gasteiger partial charge on any atom is 0.363 e. The van der Waals surface area contributed by atoms with Crippen molar-refractivity contribution in [3.8, 4) is 5.75 Å². The number of aliphatic imine (C=N–C) groups is 1. The van der Waals surface area contributed by atoms with E-state index < -0.39 is 11.9 Å². The predicted molar refractivity (Wildman–Crippen MR) is 158 cm³/mol. The van der Waals surface area contributed by atoms with Crippen LogP contribution in [-0.2, 0) is 9.53 Å². The zero-order chi connectivity index (χ0) is 26.6. The van der Waals surface area contributed by atoms with Gasteiger partial charge in [0.25, 0.3) is 0 Å². The Labute approximate surface area is 247 Å². The van der Waals surface area contributed by atoms with Crippen LogP contribution in [0.2, 0.25) is 15.1 Å². The molecule has 3 aromatic carbocycles. The summed E-state index contributed by atoms with van der Waals surface area (Å²) in [6, 6.07) is 17.7. The third-order valence-corrected chi connectivity index (χ3v) is 9.61. The van der Waals surface area contributed by atoms with Gasteiger partial charge in [0.1, 0.15) is 15.5 Å². The molecule has 6 rings (SSSR count). The van der Waals surface area contributed by atoms with E-state index in [0.29, 0.717) is 25.5 Å². The molecule has 0 amide bonds. The average molecular weight is 664 g/mol. The highest BCUT2D eigenvalue weighted by Crippen LogP contribution is 2.40. The van der Waals surface area contributed by atoms with E-state index in [2.05, 4.69) is 20.9 Å². The zero-order valence-electron chi connectivity index (χ0n) is 18.8. The summed E-state index contributed by atoms with van der Waals surface area (Å²) in [5, 5.41) is 2.88. The van der Waals surface area contributed by atoms with Gasteiger partial charge in [0.15, 0.2) is 5.70 Å². The molecule has 0 atom stereocenters. The second kappa shape index (κ2) is 10.1. The number of para-hydroxylation sites is 1. The van der Waals surface area contributed by atoms with Crippen LogP contribution in [0.15, 0.2) is 75.8 Å². The first kappa shape index (κ1) is 25.6.